The van der Waals surface area contributed by atoms with Gasteiger partial charge in [-0.05, 0) is 37.3 Å². The van der Waals surface area contributed by atoms with Gasteiger partial charge in [-0.2, -0.15) is 0 Å². The Kier molecular flexibility index (Phi) is 5.84. The van der Waals surface area contributed by atoms with Crippen LogP contribution in [-0.2, 0) is 14.4 Å². The molecule has 0 atom stereocenters. The second kappa shape index (κ2) is 8.31. The number of methoxy groups -OCH3 is 1. The fourth-order valence-corrected chi connectivity index (χ4v) is 3.11. The molecule has 146 valence electrons. The Morgan fingerprint density at radius 2 is 1.82 bits per heavy atom. The summed E-state index contributed by atoms with van der Waals surface area (Å²) in [5.41, 5.74) is 2.14. The number of halogens is 1. The molecule has 1 saturated heterocycles. The minimum Gasteiger partial charge on any atom is -0.495 e. The molecule has 1 fully saturated rings. The van der Waals surface area contributed by atoms with E-state index in [2.05, 4.69) is 5.32 Å². The number of benzene rings is 2. The van der Waals surface area contributed by atoms with E-state index < -0.39 is 11.8 Å². The van der Waals surface area contributed by atoms with E-state index in [4.69, 9.17) is 16.3 Å². The molecule has 0 saturated carbocycles. The number of carbonyl (C=O) groups excluding carboxylic acids is 3. The van der Waals surface area contributed by atoms with Crippen LogP contribution in [0.25, 0.3) is 0 Å². The normalized spacial score (nSPS) is 14.2. The molecule has 1 heterocycles. The molecule has 7 nitrogen and oxygen atoms in total. The summed E-state index contributed by atoms with van der Waals surface area (Å²) in [6.07, 6.45) is 0. The van der Waals surface area contributed by atoms with Gasteiger partial charge in [0.05, 0.1) is 12.8 Å². The smallest absolute Gasteiger partial charge is 0.316 e. The van der Waals surface area contributed by atoms with Crippen LogP contribution in [0.15, 0.2) is 42.5 Å². The Bertz CT molecular complexity index is 914. The van der Waals surface area contributed by atoms with Gasteiger partial charge in [0.2, 0.25) is 5.91 Å². The standard InChI is InChI=1S/C20H20ClN3O4/c1-13-3-6-15(7-4-13)22-18(25)12-23-9-10-24(20(27)19(23)26)16-11-14(21)5-8-17(16)28-2/h3-8,11H,9-10,12H2,1-2H3,(H,22,25). The van der Waals surface area contributed by atoms with Crippen molar-refractivity contribution in [2.45, 2.75) is 6.92 Å². The van der Waals surface area contributed by atoms with Crippen LogP contribution in [0.5, 0.6) is 5.75 Å². The quantitative estimate of drug-likeness (QED) is 0.780. The van der Waals surface area contributed by atoms with E-state index in [1.165, 1.54) is 16.9 Å². The molecule has 28 heavy (non-hydrogen) atoms. The lowest BCUT2D eigenvalue weighted by atomic mass is 10.2. The average Bonchev–Trinajstić information content (AvgIpc) is 2.67. The molecule has 3 rings (SSSR count). The molecule has 1 aliphatic rings. The van der Waals surface area contributed by atoms with Crippen LogP contribution >= 0.6 is 11.6 Å². The Hall–Kier alpha value is -3.06. The summed E-state index contributed by atoms with van der Waals surface area (Å²) in [6, 6.07) is 12.2. The maximum Gasteiger partial charge on any atom is 0.316 e. The predicted molar refractivity (Wildman–Crippen MR) is 107 cm³/mol. The number of aryl methyl sites for hydroxylation is 1. The predicted octanol–water partition coefficient (Wildman–Crippen LogP) is 2.47. The first-order chi connectivity index (χ1) is 13.4. The van der Waals surface area contributed by atoms with Gasteiger partial charge in [0.15, 0.2) is 0 Å². The highest BCUT2D eigenvalue weighted by Gasteiger charge is 2.35. The molecule has 2 aromatic carbocycles. The zero-order valence-electron chi connectivity index (χ0n) is 15.6. The van der Waals surface area contributed by atoms with E-state index in [0.29, 0.717) is 22.1 Å². The lowest BCUT2D eigenvalue weighted by Crippen LogP contribution is -2.56. The van der Waals surface area contributed by atoms with Crippen molar-refractivity contribution in [1.82, 2.24) is 4.90 Å². The van der Waals surface area contributed by atoms with Crippen molar-refractivity contribution in [3.05, 3.63) is 53.1 Å². The summed E-state index contributed by atoms with van der Waals surface area (Å²) in [4.78, 5) is 39.9. The van der Waals surface area contributed by atoms with Crippen LogP contribution in [0.4, 0.5) is 11.4 Å². The maximum atomic E-state index is 12.6. The first-order valence-corrected chi connectivity index (χ1v) is 9.07. The summed E-state index contributed by atoms with van der Waals surface area (Å²) >= 11 is 6.02. The molecule has 0 unspecified atom stereocenters. The fourth-order valence-electron chi connectivity index (χ4n) is 2.94. The van der Waals surface area contributed by atoms with Gasteiger partial charge in [-0.15, -0.1) is 0 Å². The van der Waals surface area contributed by atoms with Crippen LogP contribution in [0.2, 0.25) is 5.02 Å². The molecular weight excluding hydrogens is 382 g/mol. The summed E-state index contributed by atoms with van der Waals surface area (Å²) in [7, 11) is 1.48. The largest absolute Gasteiger partial charge is 0.495 e. The van der Waals surface area contributed by atoms with E-state index in [1.807, 2.05) is 19.1 Å². The van der Waals surface area contributed by atoms with E-state index in [0.717, 1.165) is 5.56 Å². The third kappa shape index (κ3) is 4.26. The Morgan fingerprint density at radius 1 is 1.11 bits per heavy atom. The van der Waals surface area contributed by atoms with Crippen LogP contribution < -0.4 is 15.0 Å². The molecule has 0 aliphatic carbocycles. The van der Waals surface area contributed by atoms with Crippen LogP contribution in [0.3, 0.4) is 0 Å². The minimum atomic E-state index is -0.743. The van der Waals surface area contributed by atoms with Gasteiger partial charge in [0.25, 0.3) is 0 Å². The van der Waals surface area contributed by atoms with Crippen LogP contribution in [-0.4, -0.2) is 49.4 Å². The second-order valence-corrected chi connectivity index (χ2v) is 6.85. The molecule has 1 aliphatic heterocycles. The topological polar surface area (TPSA) is 79.0 Å². The van der Waals surface area contributed by atoms with Gasteiger partial charge in [-0.25, -0.2) is 0 Å². The van der Waals surface area contributed by atoms with Gasteiger partial charge in [0, 0.05) is 23.8 Å². The lowest BCUT2D eigenvalue weighted by Gasteiger charge is -2.34. The van der Waals surface area contributed by atoms with Gasteiger partial charge < -0.3 is 15.0 Å². The molecule has 1 N–H and O–H groups in total. The number of amides is 3. The molecule has 2 aromatic rings. The fraction of sp³-hybridized carbons (Fsp3) is 0.250. The molecule has 0 bridgehead atoms. The van der Waals surface area contributed by atoms with Crippen molar-refractivity contribution >= 4 is 40.7 Å². The Labute approximate surface area is 167 Å². The van der Waals surface area contributed by atoms with Gasteiger partial charge >= 0.3 is 11.8 Å². The van der Waals surface area contributed by atoms with Crippen molar-refractivity contribution < 1.29 is 19.1 Å². The molecule has 0 spiro atoms. The lowest BCUT2D eigenvalue weighted by molar-refractivity contribution is -0.147. The van der Waals surface area contributed by atoms with Gasteiger partial charge in [-0.3, -0.25) is 19.3 Å². The van der Waals surface area contributed by atoms with Gasteiger partial charge in [-0.1, -0.05) is 29.3 Å². The summed E-state index contributed by atoms with van der Waals surface area (Å²) < 4.78 is 5.26. The Morgan fingerprint density at radius 3 is 2.50 bits per heavy atom. The van der Waals surface area contributed by atoms with E-state index in [1.54, 1.807) is 30.3 Å². The SMILES string of the molecule is COc1ccc(Cl)cc1N1CCN(CC(=O)Nc2ccc(C)cc2)C(=O)C1=O. The highest BCUT2D eigenvalue weighted by molar-refractivity contribution is 6.41. The van der Waals surface area contributed by atoms with Crippen molar-refractivity contribution in [3.63, 3.8) is 0 Å². The highest BCUT2D eigenvalue weighted by Crippen LogP contribution is 2.32. The number of carbonyl (C=O) groups is 3. The number of hydrogen-bond donors (Lipinski definition) is 1. The number of nitrogens with one attached hydrogen (secondary N) is 1. The zero-order chi connectivity index (χ0) is 20.3. The summed E-state index contributed by atoms with van der Waals surface area (Å²) in [5, 5.41) is 3.15. The number of piperazine rings is 1. The number of ether oxygens (including phenoxy) is 1. The average molecular weight is 402 g/mol. The number of nitrogens with zero attached hydrogens (tertiary/aromatic N) is 2. The third-order valence-corrected chi connectivity index (χ3v) is 4.65. The highest BCUT2D eigenvalue weighted by atomic mass is 35.5. The molecule has 0 aromatic heterocycles. The zero-order valence-corrected chi connectivity index (χ0v) is 16.3. The van der Waals surface area contributed by atoms with Crippen molar-refractivity contribution in [3.8, 4) is 5.75 Å². The monoisotopic (exact) mass is 401 g/mol. The van der Waals surface area contributed by atoms with Crippen molar-refractivity contribution in [2.24, 2.45) is 0 Å². The van der Waals surface area contributed by atoms with Crippen molar-refractivity contribution in [1.29, 1.82) is 0 Å². The first kappa shape index (κ1) is 19.7. The number of anilines is 2. The van der Waals surface area contributed by atoms with E-state index in [-0.39, 0.29) is 25.5 Å². The number of rotatable bonds is 5. The molecule has 3 amide bonds. The first-order valence-electron chi connectivity index (χ1n) is 8.70. The summed E-state index contributed by atoms with van der Waals surface area (Å²) in [6.45, 7) is 2.21. The molecule has 0 radical (unpaired) electrons. The van der Waals surface area contributed by atoms with Gasteiger partial charge in [0.1, 0.15) is 12.3 Å². The Balaban J connectivity index is 1.67. The second-order valence-electron chi connectivity index (χ2n) is 6.41. The van der Waals surface area contributed by atoms with Crippen LogP contribution in [0.1, 0.15) is 5.56 Å². The third-order valence-electron chi connectivity index (χ3n) is 4.41. The maximum absolute atomic E-state index is 12.6. The van der Waals surface area contributed by atoms with E-state index in [9.17, 15) is 14.4 Å². The van der Waals surface area contributed by atoms with Crippen LogP contribution in [0, 0.1) is 6.92 Å². The number of hydrogen-bond acceptors (Lipinski definition) is 4. The molecular formula is C20H20ClN3O4. The summed E-state index contributed by atoms with van der Waals surface area (Å²) in [5.74, 6) is -1.39. The molecule has 8 heteroatoms. The van der Waals surface area contributed by atoms with Crippen molar-refractivity contribution in [2.75, 3.05) is 37.0 Å². The van der Waals surface area contributed by atoms with E-state index >= 15 is 0 Å². The minimum absolute atomic E-state index is 0.195.